The number of aromatic amines is 1. The summed E-state index contributed by atoms with van der Waals surface area (Å²) in [6.45, 7) is 15.8. The third-order valence-electron chi connectivity index (χ3n) is 6.66. The van der Waals surface area contributed by atoms with E-state index < -0.39 is 30.5 Å². The molecular formula is C25H34ClFN4O3Si. The van der Waals surface area contributed by atoms with Crippen molar-refractivity contribution in [1.82, 2.24) is 19.5 Å². The van der Waals surface area contributed by atoms with Gasteiger partial charge in [-0.05, 0) is 61.0 Å². The molecule has 3 aromatic rings. The molecule has 0 aliphatic carbocycles. The first kappa shape index (κ1) is 27.2. The fraction of sp³-hybridized carbons (Fsp3) is 0.520. The van der Waals surface area contributed by atoms with E-state index in [1.165, 1.54) is 4.57 Å². The highest BCUT2D eigenvalue weighted by molar-refractivity contribution is 6.74. The number of hydrogen-bond donors (Lipinski definition) is 1. The van der Waals surface area contributed by atoms with Gasteiger partial charge in [-0.3, -0.25) is 14.8 Å². The molecule has 3 heterocycles. The molecular weight excluding hydrogens is 487 g/mol. The molecule has 0 saturated heterocycles. The highest BCUT2D eigenvalue weighted by atomic mass is 35.5. The number of hydrogen-bond acceptors (Lipinski definition) is 5. The van der Waals surface area contributed by atoms with E-state index in [2.05, 4.69) is 48.8 Å². The molecule has 0 aromatic carbocycles. The molecule has 0 atom stereocenters. The van der Waals surface area contributed by atoms with Gasteiger partial charge in [0.15, 0.2) is 24.9 Å². The number of halogens is 2. The molecule has 190 valence electrons. The van der Waals surface area contributed by atoms with Gasteiger partial charge in [-0.25, -0.2) is 18.7 Å². The second-order valence-electron chi connectivity index (χ2n) is 10.7. The molecule has 10 heteroatoms. The van der Waals surface area contributed by atoms with E-state index in [9.17, 15) is 14.0 Å². The van der Waals surface area contributed by atoms with Crippen molar-refractivity contribution in [3.63, 3.8) is 0 Å². The van der Waals surface area contributed by atoms with Gasteiger partial charge in [-0.2, -0.15) is 0 Å². The summed E-state index contributed by atoms with van der Waals surface area (Å²) in [6, 6.07) is 2.88. The zero-order valence-electron chi connectivity index (χ0n) is 21.5. The molecule has 0 aliphatic heterocycles. The van der Waals surface area contributed by atoms with Crippen LogP contribution in [0.15, 0.2) is 27.9 Å². The van der Waals surface area contributed by atoms with Gasteiger partial charge in [0, 0.05) is 12.8 Å². The fourth-order valence-electron chi connectivity index (χ4n) is 3.58. The number of pyridine rings is 2. The molecule has 35 heavy (non-hydrogen) atoms. The van der Waals surface area contributed by atoms with Gasteiger partial charge in [0.2, 0.25) is 0 Å². The molecule has 0 spiro atoms. The first-order valence-electron chi connectivity index (χ1n) is 11.9. The largest absolute Gasteiger partial charge is 0.417 e. The van der Waals surface area contributed by atoms with Gasteiger partial charge in [0.25, 0.3) is 5.56 Å². The van der Waals surface area contributed by atoms with Crippen LogP contribution in [0.25, 0.3) is 16.7 Å². The Hall–Kier alpha value is -2.36. The maximum atomic E-state index is 14.0. The zero-order chi connectivity index (χ0) is 26.1. The smallest absolute Gasteiger partial charge is 0.334 e. The van der Waals surface area contributed by atoms with Crippen molar-refractivity contribution in [2.45, 2.75) is 77.9 Å². The van der Waals surface area contributed by atoms with Crippen molar-refractivity contribution in [2.75, 3.05) is 6.61 Å². The Kier molecular flexibility index (Phi) is 8.03. The van der Waals surface area contributed by atoms with Crippen molar-refractivity contribution in [3.05, 3.63) is 61.4 Å². The monoisotopic (exact) mass is 520 g/mol. The molecule has 0 amide bonds. The third-order valence-corrected chi connectivity index (χ3v) is 11.5. The minimum atomic E-state index is -1.78. The Labute approximate surface area is 210 Å². The molecule has 0 bridgehead atoms. The van der Waals surface area contributed by atoms with E-state index in [0.717, 1.165) is 30.9 Å². The maximum absolute atomic E-state index is 14.0. The predicted octanol–water partition coefficient (Wildman–Crippen LogP) is 5.73. The predicted molar refractivity (Wildman–Crippen MR) is 141 cm³/mol. The second-order valence-corrected chi connectivity index (χ2v) is 15.9. The molecule has 3 aromatic heterocycles. The minimum Gasteiger partial charge on any atom is -0.417 e. The van der Waals surface area contributed by atoms with Gasteiger partial charge in [0.05, 0.1) is 16.8 Å². The van der Waals surface area contributed by atoms with E-state index in [-0.39, 0.29) is 22.0 Å². The van der Waals surface area contributed by atoms with Gasteiger partial charge >= 0.3 is 5.69 Å². The molecule has 0 fully saturated rings. The maximum Gasteiger partial charge on any atom is 0.334 e. The van der Waals surface area contributed by atoms with Crippen LogP contribution in [0.1, 0.15) is 64.6 Å². The van der Waals surface area contributed by atoms with Crippen LogP contribution in [0, 0.1) is 5.82 Å². The Morgan fingerprint density at radius 2 is 1.89 bits per heavy atom. The van der Waals surface area contributed by atoms with Crippen LogP contribution < -0.4 is 11.2 Å². The van der Waals surface area contributed by atoms with E-state index in [0.29, 0.717) is 18.0 Å². The van der Waals surface area contributed by atoms with Gasteiger partial charge in [-0.1, -0.05) is 46.2 Å². The summed E-state index contributed by atoms with van der Waals surface area (Å²) < 4.78 is 21.5. The Balaban J connectivity index is 1.93. The summed E-state index contributed by atoms with van der Waals surface area (Å²) in [5.41, 5.74) is 0.691. The van der Waals surface area contributed by atoms with E-state index in [4.69, 9.17) is 16.0 Å². The fourth-order valence-corrected chi connectivity index (χ4v) is 4.80. The first-order chi connectivity index (χ1) is 16.2. The summed E-state index contributed by atoms with van der Waals surface area (Å²) in [5, 5.41) is -0.298. The number of aromatic nitrogens is 4. The number of fused-ring (bicyclic) bond motifs is 1. The molecule has 0 radical (unpaired) electrons. The zero-order valence-corrected chi connectivity index (χ0v) is 23.2. The molecule has 3 rings (SSSR count). The van der Waals surface area contributed by atoms with Crippen LogP contribution >= 0.6 is 11.6 Å². The standard InChI is InChI=1S/C25H34ClFN4O3Si/c1-15(2)20-19(31-22-17(23(32)30-24(31)33)13-18(27)21(26)29-22)12-16(14-28-20)10-8-9-11-34-35(6,7)25(3,4)5/h12-15H,8-11H2,1-7H3,(H,30,32,33). The number of rotatable bonds is 8. The van der Waals surface area contributed by atoms with Crippen LogP contribution in [0.5, 0.6) is 0 Å². The number of unbranched alkanes of at least 4 members (excludes halogenated alkanes) is 1. The molecule has 0 saturated carbocycles. The summed E-state index contributed by atoms with van der Waals surface area (Å²) in [6.07, 6.45) is 4.36. The lowest BCUT2D eigenvalue weighted by Gasteiger charge is -2.36. The van der Waals surface area contributed by atoms with Crippen molar-refractivity contribution in [3.8, 4) is 5.69 Å². The highest BCUT2D eigenvalue weighted by Gasteiger charge is 2.36. The van der Waals surface area contributed by atoms with Gasteiger partial charge in [-0.15, -0.1) is 0 Å². The van der Waals surface area contributed by atoms with E-state index in [1.807, 2.05) is 26.1 Å². The van der Waals surface area contributed by atoms with Crippen LogP contribution in [0.4, 0.5) is 4.39 Å². The summed E-state index contributed by atoms with van der Waals surface area (Å²) >= 11 is 5.91. The van der Waals surface area contributed by atoms with Crippen LogP contribution in [0.3, 0.4) is 0 Å². The van der Waals surface area contributed by atoms with Gasteiger partial charge < -0.3 is 4.43 Å². The SMILES string of the molecule is CC(C)c1ncc(CCCCO[Si](C)(C)C(C)(C)C)cc1-n1c(=O)[nH]c(=O)c2cc(F)c(Cl)nc21. The van der Waals surface area contributed by atoms with Crippen molar-refractivity contribution < 1.29 is 8.82 Å². The van der Waals surface area contributed by atoms with E-state index in [1.54, 1.807) is 0 Å². The van der Waals surface area contributed by atoms with Crippen molar-refractivity contribution in [2.24, 2.45) is 0 Å². The number of H-pyrrole nitrogens is 1. The summed E-state index contributed by atoms with van der Waals surface area (Å²) in [7, 11) is -1.78. The molecule has 7 nitrogen and oxygen atoms in total. The second kappa shape index (κ2) is 10.3. The minimum absolute atomic E-state index is 0.00577. The Morgan fingerprint density at radius 3 is 2.51 bits per heavy atom. The Bertz CT molecular complexity index is 1350. The first-order valence-corrected chi connectivity index (χ1v) is 15.2. The average Bonchev–Trinajstić information content (AvgIpc) is 2.74. The third kappa shape index (κ3) is 5.90. The molecule has 0 aliphatic rings. The van der Waals surface area contributed by atoms with Crippen LogP contribution in [-0.4, -0.2) is 34.4 Å². The number of nitrogens with one attached hydrogen (secondary N) is 1. The van der Waals surface area contributed by atoms with Crippen molar-refractivity contribution in [1.29, 1.82) is 0 Å². The summed E-state index contributed by atoms with van der Waals surface area (Å²) in [5.74, 6) is -0.840. The average molecular weight is 521 g/mol. The lowest BCUT2D eigenvalue weighted by molar-refractivity contribution is 0.279. The normalized spacial score (nSPS) is 12.6. The topological polar surface area (TPSA) is 89.9 Å². The molecule has 0 unspecified atom stereocenters. The summed E-state index contributed by atoms with van der Waals surface area (Å²) in [4.78, 5) is 36.1. The number of aryl methyl sites for hydroxylation is 1. The lowest BCUT2D eigenvalue weighted by Crippen LogP contribution is -2.40. The van der Waals surface area contributed by atoms with Crippen molar-refractivity contribution >= 4 is 31.0 Å². The highest BCUT2D eigenvalue weighted by Crippen LogP contribution is 2.36. The number of nitrogens with zero attached hydrogens (tertiary/aromatic N) is 3. The quantitative estimate of drug-likeness (QED) is 0.233. The lowest BCUT2D eigenvalue weighted by atomic mass is 10.0. The van der Waals surface area contributed by atoms with Crippen LogP contribution in [-0.2, 0) is 10.8 Å². The Morgan fingerprint density at radius 1 is 1.20 bits per heavy atom. The molecule has 1 N–H and O–H groups in total. The van der Waals surface area contributed by atoms with E-state index >= 15 is 0 Å². The van der Waals surface area contributed by atoms with Gasteiger partial charge in [0.1, 0.15) is 0 Å². The van der Waals surface area contributed by atoms with Crippen LogP contribution in [0.2, 0.25) is 23.3 Å².